The van der Waals surface area contributed by atoms with Crippen LogP contribution in [0.15, 0.2) is 0 Å². The van der Waals surface area contributed by atoms with Gasteiger partial charge < -0.3 is 11.5 Å². The topological polar surface area (TPSA) is 86.9 Å². The zero-order valence-electron chi connectivity index (χ0n) is 10.7. The van der Waals surface area contributed by atoms with Gasteiger partial charge in [-0.3, -0.25) is 9.48 Å². The molecule has 1 saturated carbocycles. The molecule has 1 aliphatic rings. The van der Waals surface area contributed by atoms with E-state index in [1.54, 1.807) is 0 Å². The molecule has 1 amide bonds. The maximum Gasteiger partial charge on any atom is 0.237 e. The predicted octanol–water partition coefficient (Wildman–Crippen LogP) is 0.716. The van der Waals surface area contributed by atoms with Crippen LogP contribution in [-0.2, 0) is 4.79 Å². The lowest BCUT2D eigenvalue weighted by Gasteiger charge is -2.20. The summed E-state index contributed by atoms with van der Waals surface area (Å²) < 4.78 is 2.00. The Balaban J connectivity index is 2.27. The molecule has 0 spiro atoms. The number of primary amides is 1. The second-order valence-corrected chi connectivity index (χ2v) is 5.16. The molecule has 0 saturated heterocycles. The van der Waals surface area contributed by atoms with Crippen molar-refractivity contribution in [3.8, 4) is 0 Å². The molecular weight excluding hydrogens is 216 g/mol. The van der Waals surface area contributed by atoms with Crippen molar-refractivity contribution in [2.45, 2.75) is 51.6 Å². The lowest BCUT2D eigenvalue weighted by Crippen LogP contribution is -2.49. The number of amides is 1. The fraction of sp³-hybridized carbons (Fsp3) is 0.667. The second kappa shape index (κ2) is 3.84. The van der Waals surface area contributed by atoms with Crippen LogP contribution in [0, 0.1) is 20.8 Å². The molecule has 0 radical (unpaired) electrons. The van der Waals surface area contributed by atoms with Crippen LogP contribution in [-0.4, -0.2) is 21.2 Å². The van der Waals surface area contributed by atoms with Crippen molar-refractivity contribution in [3.63, 3.8) is 0 Å². The molecule has 5 nitrogen and oxygen atoms in total. The first-order valence-electron chi connectivity index (χ1n) is 5.96. The van der Waals surface area contributed by atoms with E-state index in [-0.39, 0.29) is 6.04 Å². The van der Waals surface area contributed by atoms with E-state index < -0.39 is 11.4 Å². The van der Waals surface area contributed by atoms with Crippen molar-refractivity contribution < 1.29 is 4.79 Å². The number of carbonyl (C=O) groups is 1. The molecule has 17 heavy (non-hydrogen) atoms. The van der Waals surface area contributed by atoms with Crippen molar-refractivity contribution in [1.82, 2.24) is 9.78 Å². The maximum atomic E-state index is 11.3. The summed E-state index contributed by atoms with van der Waals surface area (Å²) >= 11 is 0. The van der Waals surface area contributed by atoms with Gasteiger partial charge in [0.05, 0.1) is 17.3 Å². The lowest BCUT2D eigenvalue weighted by atomic mass is 9.98. The Morgan fingerprint density at radius 1 is 1.47 bits per heavy atom. The number of carbonyl (C=O) groups excluding carboxylic acids is 1. The van der Waals surface area contributed by atoms with Crippen LogP contribution in [0.3, 0.4) is 0 Å². The van der Waals surface area contributed by atoms with Gasteiger partial charge >= 0.3 is 0 Å². The van der Waals surface area contributed by atoms with Crippen molar-refractivity contribution in [2.24, 2.45) is 11.5 Å². The number of aryl methyl sites for hydroxylation is 1. The molecule has 0 bridgehead atoms. The van der Waals surface area contributed by atoms with Crippen LogP contribution < -0.4 is 11.5 Å². The molecule has 1 aliphatic carbocycles. The molecule has 0 aliphatic heterocycles. The van der Waals surface area contributed by atoms with Gasteiger partial charge in [0.1, 0.15) is 0 Å². The lowest BCUT2D eigenvalue weighted by molar-refractivity contribution is -0.123. The first-order chi connectivity index (χ1) is 7.85. The van der Waals surface area contributed by atoms with Crippen LogP contribution in [0.4, 0.5) is 0 Å². The fourth-order valence-electron chi connectivity index (χ4n) is 2.58. The summed E-state index contributed by atoms with van der Waals surface area (Å²) in [5, 5.41) is 4.53. The Kier molecular flexibility index (Phi) is 2.73. The van der Waals surface area contributed by atoms with Gasteiger partial charge in [-0.25, -0.2) is 0 Å². The van der Waals surface area contributed by atoms with Crippen LogP contribution in [0.2, 0.25) is 0 Å². The summed E-state index contributed by atoms with van der Waals surface area (Å²) in [4.78, 5) is 11.3. The Bertz CT molecular complexity index is 465. The third-order valence-electron chi connectivity index (χ3n) is 4.05. The average Bonchev–Trinajstić information content (AvgIpc) is 2.77. The molecule has 1 aromatic rings. The normalized spacial score (nSPS) is 28.6. The Morgan fingerprint density at radius 2 is 2.12 bits per heavy atom. The highest BCUT2D eigenvalue weighted by Crippen LogP contribution is 2.36. The Labute approximate surface area is 101 Å². The SMILES string of the molecule is Cc1nn(C2CCC(N)(C(N)=O)C2)c(C)c1C. The number of aromatic nitrogens is 2. The average molecular weight is 236 g/mol. The van der Waals surface area contributed by atoms with E-state index in [2.05, 4.69) is 18.9 Å². The molecule has 0 aromatic carbocycles. The standard InChI is InChI=1S/C12H20N4O/c1-7-8(2)15-16(9(7)3)10-4-5-12(14,6-10)11(13)17/h10H,4-6,14H2,1-3H3,(H2,13,17). The third kappa shape index (κ3) is 1.84. The van der Waals surface area contributed by atoms with Crippen molar-refractivity contribution in [3.05, 3.63) is 17.0 Å². The number of hydrogen-bond acceptors (Lipinski definition) is 3. The first kappa shape index (κ1) is 12.1. The van der Waals surface area contributed by atoms with E-state index >= 15 is 0 Å². The van der Waals surface area contributed by atoms with E-state index in [0.717, 1.165) is 17.8 Å². The summed E-state index contributed by atoms with van der Waals surface area (Å²) in [6.07, 6.45) is 2.09. The van der Waals surface area contributed by atoms with Crippen LogP contribution >= 0.6 is 0 Å². The van der Waals surface area contributed by atoms with Crippen LogP contribution in [0.5, 0.6) is 0 Å². The van der Waals surface area contributed by atoms with Crippen molar-refractivity contribution in [2.75, 3.05) is 0 Å². The highest BCUT2D eigenvalue weighted by atomic mass is 16.1. The molecule has 1 fully saturated rings. The number of nitrogens with zero attached hydrogens (tertiary/aromatic N) is 2. The maximum absolute atomic E-state index is 11.3. The van der Waals surface area contributed by atoms with Crippen LogP contribution in [0.25, 0.3) is 0 Å². The van der Waals surface area contributed by atoms with Gasteiger partial charge in [0.25, 0.3) is 0 Å². The number of nitrogens with two attached hydrogens (primary N) is 2. The van der Waals surface area contributed by atoms with Gasteiger partial charge in [0.2, 0.25) is 5.91 Å². The minimum Gasteiger partial charge on any atom is -0.368 e. The summed E-state index contributed by atoms with van der Waals surface area (Å²) in [6, 6.07) is 0.194. The quantitative estimate of drug-likeness (QED) is 0.793. The molecule has 2 rings (SSSR count). The first-order valence-corrected chi connectivity index (χ1v) is 5.96. The molecular formula is C12H20N4O. The summed E-state index contributed by atoms with van der Waals surface area (Å²) in [5.74, 6) is -0.404. The molecule has 4 N–H and O–H groups in total. The fourth-order valence-corrected chi connectivity index (χ4v) is 2.58. The zero-order valence-corrected chi connectivity index (χ0v) is 10.7. The van der Waals surface area contributed by atoms with E-state index in [1.807, 2.05) is 11.6 Å². The van der Waals surface area contributed by atoms with Crippen molar-refractivity contribution >= 4 is 5.91 Å². The third-order valence-corrected chi connectivity index (χ3v) is 4.05. The predicted molar refractivity (Wildman–Crippen MR) is 65.4 cm³/mol. The highest BCUT2D eigenvalue weighted by molar-refractivity contribution is 5.84. The minimum absolute atomic E-state index is 0.194. The number of rotatable bonds is 2. The van der Waals surface area contributed by atoms with Gasteiger partial charge in [0, 0.05) is 5.69 Å². The van der Waals surface area contributed by atoms with E-state index in [9.17, 15) is 4.79 Å². The minimum atomic E-state index is -0.856. The molecule has 94 valence electrons. The van der Waals surface area contributed by atoms with Gasteiger partial charge in [-0.05, 0) is 45.6 Å². The summed E-state index contributed by atoms with van der Waals surface area (Å²) in [6.45, 7) is 6.11. The summed E-state index contributed by atoms with van der Waals surface area (Å²) in [7, 11) is 0. The molecule has 2 unspecified atom stereocenters. The Morgan fingerprint density at radius 3 is 2.53 bits per heavy atom. The Hall–Kier alpha value is -1.36. The smallest absolute Gasteiger partial charge is 0.237 e. The largest absolute Gasteiger partial charge is 0.368 e. The molecule has 5 heteroatoms. The molecule has 1 aromatic heterocycles. The highest BCUT2D eigenvalue weighted by Gasteiger charge is 2.42. The van der Waals surface area contributed by atoms with E-state index in [0.29, 0.717) is 12.8 Å². The number of hydrogen-bond donors (Lipinski definition) is 2. The van der Waals surface area contributed by atoms with Gasteiger partial charge in [-0.1, -0.05) is 0 Å². The molecule has 1 heterocycles. The van der Waals surface area contributed by atoms with Gasteiger partial charge in [-0.15, -0.1) is 0 Å². The zero-order chi connectivity index (χ0) is 12.8. The van der Waals surface area contributed by atoms with Gasteiger partial charge in [-0.2, -0.15) is 5.10 Å². The van der Waals surface area contributed by atoms with E-state index in [1.165, 1.54) is 5.56 Å². The van der Waals surface area contributed by atoms with E-state index in [4.69, 9.17) is 11.5 Å². The second-order valence-electron chi connectivity index (χ2n) is 5.16. The van der Waals surface area contributed by atoms with Crippen LogP contribution in [0.1, 0.15) is 42.3 Å². The van der Waals surface area contributed by atoms with Gasteiger partial charge in [0.15, 0.2) is 0 Å². The molecule has 2 atom stereocenters. The monoisotopic (exact) mass is 236 g/mol. The summed E-state index contributed by atoms with van der Waals surface area (Å²) in [5.41, 5.74) is 13.9. The van der Waals surface area contributed by atoms with Crippen molar-refractivity contribution in [1.29, 1.82) is 0 Å².